The largest absolute Gasteiger partial charge is 0.390 e. The molecule has 0 radical (unpaired) electrons. The molecule has 4 aliphatic rings. The summed E-state index contributed by atoms with van der Waals surface area (Å²) >= 11 is 0. The van der Waals surface area contributed by atoms with Gasteiger partial charge in [-0.2, -0.15) is 0 Å². The third kappa shape index (κ3) is 3.65. The Hall–Kier alpha value is -5.00. The summed E-state index contributed by atoms with van der Waals surface area (Å²) in [6.07, 6.45) is 0. The highest BCUT2D eigenvalue weighted by Crippen LogP contribution is 2.20. The summed E-state index contributed by atoms with van der Waals surface area (Å²) in [5, 5.41) is -1.15. The van der Waals surface area contributed by atoms with Crippen molar-refractivity contribution in [3.8, 4) is 0 Å². The molecule has 0 aromatic carbocycles. The lowest BCUT2D eigenvalue weighted by Crippen LogP contribution is -2.22. The molecule has 0 aromatic rings. The molecule has 0 fully saturated rings. The molecule has 0 aromatic heterocycles. The molecule has 0 spiro atoms. The third-order valence-electron chi connectivity index (χ3n) is 4.51. The van der Waals surface area contributed by atoms with Gasteiger partial charge in [0.2, 0.25) is 0 Å². The maximum atomic E-state index is 12.4. The first kappa shape index (κ1) is 21.2. The molecular weight excluding hydrogens is 444 g/mol. The van der Waals surface area contributed by atoms with Crippen molar-refractivity contribution in [2.24, 2.45) is 0 Å². The molecule has 3 heterocycles. The summed E-state index contributed by atoms with van der Waals surface area (Å²) in [7, 11) is 0. The first-order chi connectivity index (χ1) is 15.6. The highest BCUT2D eigenvalue weighted by molar-refractivity contribution is 6.12. The molecule has 4 bridgehead atoms. The topological polar surface area (TPSA) is 177 Å². The zero-order chi connectivity index (χ0) is 24.0. The van der Waals surface area contributed by atoms with Crippen LogP contribution in [0.25, 0.3) is 0 Å². The Kier molecular flexibility index (Phi) is 4.89. The van der Waals surface area contributed by atoms with E-state index in [4.69, 9.17) is 0 Å². The van der Waals surface area contributed by atoms with Crippen LogP contribution in [0.3, 0.4) is 0 Å². The summed E-state index contributed by atoms with van der Waals surface area (Å²) in [4.78, 5) is 97.0. The molecule has 164 valence electrons. The van der Waals surface area contributed by atoms with Crippen LogP contribution in [0.2, 0.25) is 0 Å². The van der Waals surface area contributed by atoms with Crippen molar-refractivity contribution in [3.63, 3.8) is 0 Å². The minimum atomic E-state index is -1.33. The maximum absolute atomic E-state index is 12.4. The van der Waals surface area contributed by atoms with Gasteiger partial charge in [0, 0.05) is 6.92 Å². The monoisotopic (exact) mass is 452 g/mol. The van der Waals surface area contributed by atoms with Gasteiger partial charge in [-0.25, -0.2) is 33.6 Å². The standard InChI is InChI=1S/C21H8O12/c1-7(22)30-17(25)10-3-2-8-4-12(19(27)31-15(8)23)14-13(20(28)33-21(14)29)6-9-5-11(10)18(26)32-16(9)24/h2-6H,1H3. The molecule has 0 amide bonds. The van der Waals surface area contributed by atoms with Gasteiger partial charge < -0.3 is 18.6 Å². The molecule has 1 aliphatic carbocycles. The van der Waals surface area contributed by atoms with Gasteiger partial charge in [0.15, 0.2) is 0 Å². The predicted molar refractivity (Wildman–Crippen MR) is 99.8 cm³/mol. The van der Waals surface area contributed by atoms with Crippen LogP contribution in [0.15, 0.2) is 44.3 Å². The summed E-state index contributed by atoms with van der Waals surface area (Å²) in [6, 6.07) is 4.39. The number of fused-ring (bicyclic) bond motifs is 5. The van der Waals surface area contributed by atoms with E-state index in [9.17, 15) is 38.4 Å². The lowest BCUT2D eigenvalue weighted by atomic mass is 10.0. The van der Waals surface area contributed by atoms with E-state index in [2.05, 4.69) is 18.6 Å². The summed E-state index contributed by atoms with van der Waals surface area (Å²) in [6.45, 7) is 0.921. The summed E-state index contributed by atoms with van der Waals surface area (Å²) in [5.74, 6) is -7.34. The van der Waals surface area contributed by atoms with Gasteiger partial charge in [0.1, 0.15) is 0 Å². The Labute approximate surface area is 180 Å². The summed E-state index contributed by atoms with van der Waals surface area (Å²) < 4.78 is 18.2. The predicted octanol–water partition coefficient (Wildman–Crippen LogP) is 0.174. The fourth-order valence-electron chi connectivity index (χ4n) is 3.09. The third-order valence-corrected chi connectivity index (χ3v) is 4.51. The maximum Gasteiger partial charge on any atom is 0.347 e. The number of rotatable bonds is 1. The van der Waals surface area contributed by atoms with Crippen molar-refractivity contribution in [3.05, 3.63) is 89.4 Å². The Morgan fingerprint density at radius 1 is 0.727 bits per heavy atom. The first-order valence-corrected chi connectivity index (χ1v) is 8.91. The van der Waals surface area contributed by atoms with E-state index in [1.165, 1.54) is 0 Å². The minimum Gasteiger partial charge on any atom is -0.390 e. The zero-order valence-corrected chi connectivity index (χ0v) is 16.3. The van der Waals surface area contributed by atoms with Gasteiger partial charge in [0.05, 0.1) is 38.3 Å². The van der Waals surface area contributed by atoms with E-state index in [0.29, 0.717) is 0 Å². The molecule has 0 saturated carbocycles. The van der Waals surface area contributed by atoms with Crippen LogP contribution in [0, 0.1) is 10.4 Å². The zero-order valence-electron chi connectivity index (χ0n) is 16.3. The van der Waals surface area contributed by atoms with Crippen molar-refractivity contribution in [2.75, 3.05) is 0 Å². The molecule has 4 rings (SSSR count). The van der Waals surface area contributed by atoms with Crippen molar-refractivity contribution in [2.45, 2.75) is 6.92 Å². The number of hydrogen-bond acceptors (Lipinski definition) is 12. The number of hydrogen-bond donors (Lipinski definition) is 0. The Morgan fingerprint density at radius 2 is 1.33 bits per heavy atom. The molecule has 12 heteroatoms. The number of carbonyl (C=O) groups excluding carboxylic acids is 6. The van der Waals surface area contributed by atoms with Gasteiger partial charge in [-0.15, -0.1) is 0 Å². The molecule has 0 unspecified atom stereocenters. The highest BCUT2D eigenvalue weighted by Gasteiger charge is 2.29. The molecule has 0 N–H and O–H groups in total. The number of ether oxygens (including phenoxy) is 3. The lowest BCUT2D eigenvalue weighted by molar-refractivity contribution is -0.135. The van der Waals surface area contributed by atoms with Crippen LogP contribution >= 0.6 is 0 Å². The molecule has 0 atom stereocenters. The van der Waals surface area contributed by atoms with Crippen molar-refractivity contribution < 1.29 is 47.4 Å². The van der Waals surface area contributed by atoms with Gasteiger partial charge in [-0.05, 0) is 30.3 Å². The van der Waals surface area contributed by atoms with Crippen LogP contribution in [0.4, 0.5) is 0 Å². The Balaban J connectivity index is 2.30. The number of esters is 6. The lowest BCUT2D eigenvalue weighted by Gasteiger charge is -2.11. The first-order valence-electron chi connectivity index (χ1n) is 8.91. The van der Waals surface area contributed by atoms with Gasteiger partial charge in [-0.3, -0.25) is 4.79 Å². The average molecular weight is 452 g/mol. The SMILES string of the molecule is CC(=O)OC(=O)c1ccc2cc(c3c(=O)oc(=O)c=3cc3cc1C(=O)OC3=O)C(=O)OC2=O. The second-order valence-electron chi connectivity index (χ2n) is 6.62. The van der Waals surface area contributed by atoms with Crippen LogP contribution in [0.1, 0.15) is 58.7 Å². The second-order valence-corrected chi connectivity index (χ2v) is 6.62. The van der Waals surface area contributed by atoms with Crippen molar-refractivity contribution in [1.29, 1.82) is 0 Å². The molecular formula is C21H8O12. The smallest absolute Gasteiger partial charge is 0.347 e. The minimum absolute atomic E-state index is 0.373. The van der Waals surface area contributed by atoms with Crippen LogP contribution < -0.4 is 11.3 Å². The average Bonchev–Trinajstić information content (AvgIpc) is 2.98. The highest BCUT2D eigenvalue weighted by atomic mass is 16.6. The van der Waals surface area contributed by atoms with E-state index in [-0.39, 0.29) is 5.56 Å². The van der Waals surface area contributed by atoms with E-state index in [1.54, 1.807) is 0 Å². The van der Waals surface area contributed by atoms with Crippen LogP contribution in [-0.4, -0.2) is 35.8 Å². The number of cyclic esters (lactones) is 4. The molecule has 3 aliphatic heterocycles. The number of carbonyl (C=O) groups is 6. The summed E-state index contributed by atoms with van der Waals surface area (Å²) in [5.41, 5.74) is -5.02. The fraction of sp³-hybridized carbons (Fsp3) is 0.0476. The van der Waals surface area contributed by atoms with Crippen molar-refractivity contribution >= 4 is 35.8 Å². The van der Waals surface area contributed by atoms with Crippen LogP contribution in [-0.2, 0) is 19.0 Å². The van der Waals surface area contributed by atoms with Gasteiger partial charge in [0.25, 0.3) is 0 Å². The second kappa shape index (κ2) is 7.60. The Bertz CT molecular complexity index is 1590. The fourth-order valence-corrected chi connectivity index (χ4v) is 3.09. The molecule has 33 heavy (non-hydrogen) atoms. The van der Waals surface area contributed by atoms with Crippen molar-refractivity contribution in [1.82, 2.24) is 0 Å². The van der Waals surface area contributed by atoms with E-state index >= 15 is 0 Å². The van der Waals surface area contributed by atoms with E-state index < -0.39 is 79.8 Å². The molecule has 0 saturated heterocycles. The molecule has 12 nitrogen and oxygen atoms in total. The van der Waals surface area contributed by atoms with E-state index in [0.717, 1.165) is 37.3 Å². The Morgan fingerprint density at radius 3 is 2.00 bits per heavy atom. The van der Waals surface area contributed by atoms with Crippen LogP contribution in [0.5, 0.6) is 0 Å². The quantitative estimate of drug-likeness (QED) is 0.326. The normalized spacial score (nSPS) is 13.6. The van der Waals surface area contributed by atoms with Gasteiger partial charge >= 0.3 is 47.1 Å². The van der Waals surface area contributed by atoms with Gasteiger partial charge in [-0.1, -0.05) is 0 Å². The van der Waals surface area contributed by atoms with E-state index in [1.807, 2.05) is 0 Å².